The molecule has 0 radical (unpaired) electrons. The van der Waals surface area contributed by atoms with Crippen molar-refractivity contribution >= 4 is 15.9 Å². The molecule has 6 heteroatoms. The average Bonchev–Trinajstić information content (AvgIpc) is 2.47. The summed E-state index contributed by atoms with van der Waals surface area (Å²) in [5, 5.41) is 2.50. The fourth-order valence-corrected chi connectivity index (χ4v) is 3.69. The second kappa shape index (κ2) is 5.71. The maximum absolute atomic E-state index is 12.4. The maximum atomic E-state index is 12.4. The van der Waals surface area contributed by atoms with Gasteiger partial charge in [0.05, 0.1) is 4.90 Å². The van der Waals surface area contributed by atoms with E-state index in [2.05, 4.69) is 5.32 Å². The Balaban J connectivity index is 2.23. The zero-order chi connectivity index (χ0) is 13.9. The monoisotopic (exact) mass is 282 g/mol. The quantitative estimate of drug-likeness (QED) is 0.906. The zero-order valence-electron chi connectivity index (χ0n) is 10.9. The van der Waals surface area contributed by atoms with Crippen molar-refractivity contribution in [2.75, 3.05) is 20.1 Å². The predicted molar refractivity (Wildman–Crippen MR) is 72.4 cm³/mol. The second-order valence-corrected chi connectivity index (χ2v) is 6.51. The Labute approximate surface area is 113 Å². The van der Waals surface area contributed by atoms with Crippen LogP contribution >= 0.6 is 0 Å². The number of benzene rings is 1. The number of rotatable bonds is 3. The first kappa shape index (κ1) is 14.0. The Morgan fingerprint density at radius 1 is 1.11 bits per heavy atom. The van der Waals surface area contributed by atoms with Gasteiger partial charge in [0, 0.05) is 25.7 Å². The third-order valence-corrected chi connectivity index (χ3v) is 5.21. The van der Waals surface area contributed by atoms with Crippen molar-refractivity contribution in [3.8, 4) is 0 Å². The molecule has 0 saturated carbocycles. The molecule has 1 amide bonds. The predicted octanol–water partition coefficient (Wildman–Crippen LogP) is 1.22. The fraction of sp³-hybridized carbons (Fsp3) is 0.462. The van der Waals surface area contributed by atoms with Crippen LogP contribution in [0.1, 0.15) is 29.6 Å². The van der Waals surface area contributed by atoms with Gasteiger partial charge in [-0.15, -0.1) is 0 Å². The molecule has 0 atom stereocenters. The maximum Gasteiger partial charge on any atom is 0.251 e. The molecule has 0 bridgehead atoms. The van der Waals surface area contributed by atoms with Crippen LogP contribution in [0.3, 0.4) is 0 Å². The van der Waals surface area contributed by atoms with Crippen molar-refractivity contribution in [2.45, 2.75) is 24.2 Å². The molecular weight excluding hydrogens is 264 g/mol. The summed E-state index contributed by atoms with van der Waals surface area (Å²) in [5.74, 6) is -0.220. The van der Waals surface area contributed by atoms with Crippen LogP contribution in [0, 0.1) is 0 Å². The number of piperidine rings is 1. The highest BCUT2D eigenvalue weighted by molar-refractivity contribution is 7.89. The minimum absolute atomic E-state index is 0.220. The molecule has 1 aromatic rings. The lowest BCUT2D eigenvalue weighted by atomic mass is 10.2. The molecule has 19 heavy (non-hydrogen) atoms. The highest BCUT2D eigenvalue weighted by Crippen LogP contribution is 2.20. The lowest BCUT2D eigenvalue weighted by molar-refractivity contribution is 0.0963. The van der Waals surface area contributed by atoms with Crippen LogP contribution in [0.15, 0.2) is 29.2 Å². The third-order valence-electron chi connectivity index (χ3n) is 3.30. The van der Waals surface area contributed by atoms with Gasteiger partial charge in [0.25, 0.3) is 5.91 Å². The number of carbonyl (C=O) groups is 1. The number of carbonyl (C=O) groups excluding carboxylic acids is 1. The number of nitrogens with zero attached hydrogens (tertiary/aromatic N) is 1. The molecule has 1 aliphatic heterocycles. The molecule has 2 rings (SSSR count). The third kappa shape index (κ3) is 2.96. The van der Waals surface area contributed by atoms with Crippen LogP contribution in [0.5, 0.6) is 0 Å². The van der Waals surface area contributed by atoms with E-state index in [0.717, 1.165) is 19.3 Å². The normalized spacial score (nSPS) is 17.1. The Bertz CT molecular complexity index is 546. The molecule has 1 saturated heterocycles. The molecule has 104 valence electrons. The number of hydrogen-bond donors (Lipinski definition) is 1. The SMILES string of the molecule is CNC(=O)c1ccc(S(=O)(=O)N2CCCCC2)cc1. The van der Waals surface area contributed by atoms with Crippen LogP contribution in [0.2, 0.25) is 0 Å². The molecule has 0 unspecified atom stereocenters. The molecular formula is C13H18N2O3S. The number of sulfonamides is 1. The standard InChI is InChI=1S/C13H18N2O3S/c1-14-13(16)11-5-7-12(8-6-11)19(17,18)15-9-3-2-4-10-15/h5-8H,2-4,9-10H2,1H3,(H,14,16). The van der Waals surface area contributed by atoms with E-state index < -0.39 is 10.0 Å². The second-order valence-electron chi connectivity index (χ2n) is 4.57. The molecule has 0 aromatic heterocycles. The van der Waals surface area contributed by atoms with E-state index in [1.54, 1.807) is 7.05 Å². The van der Waals surface area contributed by atoms with Crippen molar-refractivity contribution in [1.29, 1.82) is 0 Å². The first-order chi connectivity index (χ1) is 9.05. The summed E-state index contributed by atoms with van der Waals surface area (Å²) in [4.78, 5) is 11.7. The largest absolute Gasteiger partial charge is 0.355 e. The summed E-state index contributed by atoms with van der Waals surface area (Å²) >= 11 is 0. The Morgan fingerprint density at radius 2 is 1.68 bits per heavy atom. The molecule has 1 aliphatic rings. The fourth-order valence-electron chi connectivity index (χ4n) is 2.18. The van der Waals surface area contributed by atoms with Crippen molar-refractivity contribution in [3.63, 3.8) is 0 Å². The van der Waals surface area contributed by atoms with Gasteiger partial charge in [-0.2, -0.15) is 4.31 Å². The highest BCUT2D eigenvalue weighted by atomic mass is 32.2. The summed E-state index contributed by atoms with van der Waals surface area (Å²) in [7, 11) is -1.87. The van der Waals surface area contributed by atoms with Crippen LogP contribution in [0.4, 0.5) is 0 Å². The van der Waals surface area contributed by atoms with Gasteiger partial charge in [0.1, 0.15) is 0 Å². The Hall–Kier alpha value is -1.40. The molecule has 5 nitrogen and oxygen atoms in total. The van der Waals surface area contributed by atoms with Gasteiger partial charge in [0.15, 0.2) is 0 Å². The van der Waals surface area contributed by atoms with Gasteiger partial charge < -0.3 is 5.32 Å². The van der Waals surface area contributed by atoms with Crippen molar-refractivity contribution in [2.24, 2.45) is 0 Å². The first-order valence-electron chi connectivity index (χ1n) is 6.38. The minimum atomic E-state index is -3.41. The summed E-state index contributed by atoms with van der Waals surface area (Å²) in [5.41, 5.74) is 0.458. The van der Waals surface area contributed by atoms with Gasteiger partial charge >= 0.3 is 0 Å². The molecule has 1 N–H and O–H groups in total. The van der Waals surface area contributed by atoms with Gasteiger partial charge in [-0.3, -0.25) is 4.79 Å². The average molecular weight is 282 g/mol. The minimum Gasteiger partial charge on any atom is -0.355 e. The van der Waals surface area contributed by atoms with E-state index in [4.69, 9.17) is 0 Å². The summed E-state index contributed by atoms with van der Waals surface area (Å²) in [6.45, 7) is 1.17. The van der Waals surface area contributed by atoms with Gasteiger partial charge in [-0.1, -0.05) is 6.42 Å². The van der Waals surface area contributed by atoms with Gasteiger partial charge in [-0.05, 0) is 37.1 Å². The topological polar surface area (TPSA) is 66.5 Å². The van der Waals surface area contributed by atoms with E-state index in [-0.39, 0.29) is 10.8 Å². The van der Waals surface area contributed by atoms with Crippen molar-refractivity contribution in [3.05, 3.63) is 29.8 Å². The number of hydrogen-bond acceptors (Lipinski definition) is 3. The zero-order valence-corrected chi connectivity index (χ0v) is 11.7. The summed E-state index contributed by atoms with van der Waals surface area (Å²) in [6.07, 6.45) is 2.91. The summed E-state index contributed by atoms with van der Waals surface area (Å²) < 4.78 is 26.2. The van der Waals surface area contributed by atoms with Crippen molar-refractivity contribution in [1.82, 2.24) is 9.62 Å². The van der Waals surface area contributed by atoms with E-state index in [1.165, 1.54) is 28.6 Å². The molecule has 1 aromatic carbocycles. The van der Waals surface area contributed by atoms with Crippen LogP contribution in [-0.2, 0) is 10.0 Å². The van der Waals surface area contributed by atoms with Crippen LogP contribution in [-0.4, -0.2) is 38.8 Å². The van der Waals surface area contributed by atoms with Crippen LogP contribution < -0.4 is 5.32 Å². The number of nitrogens with one attached hydrogen (secondary N) is 1. The molecule has 0 spiro atoms. The van der Waals surface area contributed by atoms with E-state index in [9.17, 15) is 13.2 Å². The van der Waals surface area contributed by atoms with Crippen molar-refractivity contribution < 1.29 is 13.2 Å². The first-order valence-corrected chi connectivity index (χ1v) is 7.82. The highest BCUT2D eigenvalue weighted by Gasteiger charge is 2.25. The summed E-state index contributed by atoms with van der Waals surface area (Å²) in [6, 6.07) is 6.06. The molecule has 1 heterocycles. The van der Waals surface area contributed by atoms with E-state index in [1.807, 2.05) is 0 Å². The number of amides is 1. The lowest BCUT2D eigenvalue weighted by Gasteiger charge is -2.25. The Kier molecular flexibility index (Phi) is 4.21. The Morgan fingerprint density at radius 3 is 2.21 bits per heavy atom. The molecule has 0 aliphatic carbocycles. The van der Waals surface area contributed by atoms with E-state index >= 15 is 0 Å². The van der Waals surface area contributed by atoms with Gasteiger partial charge in [0.2, 0.25) is 10.0 Å². The van der Waals surface area contributed by atoms with Crippen LogP contribution in [0.25, 0.3) is 0 Å². The smallest absolute Gasteiger partial charge is 0.251 e. The lowest BCUT2D eigenvalue weighted by Crippen LogP contribution is -2.35. The van der Waals surface area contributed by atoms with Gasteiger partial charge in [-0.25, -0.2) is 8.42 Å². The molecule has 1 fully saturated rings. The van der Waals surface area contributed by atoms with E-state index in [0.29, 0.717) is 18.7 Å².